The van der Waals surface area contributed by atoms with Gasteiger partial charge in [-0.3, -0.25) is 4.68 Å². The van der Waals surface area contributed by atoms with Crippen molar-refractivity contribution in [2.75, 3.05) is 10.6 Å². The number of thiocarbonyl (C=S) groups is 1. The molecule has 0 aliphatic heterocycles. The van der Waals surface area contributed by atoms with Gasteiger partial charge in [-0.15, -0.1) is 0 Å². The monoisotopic (exact) mass is 246 g/mol. The van der Waals surface area contributed by atoms with Crippen LogP contribution in [0.3, 0.4) is 0 Å². The Morgan fingerprint density at radius 2 is 1.94 bits per heavy atom. The van der Waals surface area contributed by atoms with E-state index in [1.165, 1.54) is 0 Å². The van der Waals surface area contributed by atoms with Crippen molar-refractivity contribution < 1.29 is 0 Å². The highest BCUT2D eigenvalue weighted by Crippen LogP contribution is 2.08. The van der Waals surface area contributed by atoms with Crippen LogP contribution in [0.15, 0.2) is 42.7 Å². The van der Waals surface area contributed by atoms with Crippen LogP contribution < -0.4 is 10.6 Å². The quantitative estimate of drug-likeness (QED) is 0.817. The second kappa shape index (κ2) is 5.45. The highest BCUT2D eigenvalue weighted by molar-refractivity contribution is 7.80. The number of anilines is 2. The van der Waals surface area contributed by atoms with Crippen molar-refractivity contribution in [3.63, 3.8) is 0 Å². The molecule has 2 rings (SSSR count). The first kappa shape index (κ1) is 11.6. The standard InChI is InChI=1S/C12H14N4S/c1-2-16-9-11(8-13-16)15-12(17)14-10-6-4-3-5-7-10/h3-9H,2H2,1H3,(H2,14,15,17). The molecule has 0 bridgehead atoms. The Labute approximate surface area is 106 Å². The number of hydrogen-bond acceptors (Lipinski definition) is 2. The van der Waals surface area contributed by atoms with Gasteiger partial charge in [-0.25, -0.2) is 0 Å². The molecule has 0 saturated heterocycles. The molecule has 0 saturated carbocycles. The summed E-state index contributed by atoms with van der Waals surface area (Å²) in [6.07, 6.45) is 3.67. The van der Waals surface area contributed by atoms with Crippen molar-refractivity contribution in [3.8, 4) is 0 Å². The Hall–Kier alpha value is -1.88. The lowest BCUT2D eigenvalue weighted by Crippen LogP contribution is -2.18. The van der Waals surface area contributed by atoms with Crippen LogP contribution in [0.4, 0.5) is 11.4 Å². The maximum Gasteiger partial charge on any atom is 0.175 e. The van der Waals surface area contributed by atoms with E-state index in [1.807, 2.05) is 48.1 Å². The van der Waals surface area contributed by atoms with Crippen LogP contribution in [0, 0.1) is 0 Å². The molecule has 1 heterocycles. The first-order valence-electron chi connectivity index (χ1n) is 5.43. The summed E-state index contributed by atoms with van der Waals surface area (Å²) in [5.74, 6) is 0. The van der Waals surface area contributed by atoms with E-state index in [1.54, 1.807) is 6.20 Å². The lowest BCUT2D eigenvalue weighted by Gasteiger charge is -2.08. The molecule has 5 heteroatoms. The van der Waals surface area contributed by atoms with E-state index in [2.05, 4.69) is 15.7 Å². The van der Waals surface area contributed by atoms with Crippen LogP contribution in [0.1, 0.15) is 6.92 Å². The second-order valence-electron chi connectivity index (χ2n) is 3.53. The molecule has 0 unspecified atom stereocenters. The molecular formula is C12H14N4S. The first-order chi connectivity index (χ1) is 8.28. The predicted molar refractivity (Wildman–Crippen MR) is 74.2 cm³/mol. The van der Waals surface area contributed by atoms with Crippen molar-refractivity contribution in [3.05, 3.63) is 42.7 Å². The molecule has 0 aliphatic rings. The smallest absolute Gasteiger partial charge is 0.175 e. The van der Waals surface area contributed by atoms with Gasteiger partial charge >= 0.3 is 0 Å². The number of aromatic nitrogens is 2. The summed E-state index contributed by atoms with van der Waals surface area (Å²) in [6.45, 7) is 2.89. The van der Waals surface area contributed by atoms with Crippen molar-refractivity contribution in [2.45, 2.75) is 13.5 Å². The fraction of sp³-hybridized carbons (Fsp3) is 0.167. The van der Waals surface area contributed by atoms with E-state index in [9.17, 15) is 0 Å². The van der Waals surface area contributed by atoms with E-state index >= 15 is 0 Å². The average Bonchev–Trinajstić information content (AvgIpc) is 2.78. The molecule has 0 atom stereocenters. The van der Waals surface area contributed by atoms with Crippen LogP contribution in [0.5, 0.6) is 0 Å². The van der Waals surface area contributed by atoms with Crippen molar-refractivity contribution in [1.82, 2.24) is 9.78 Å². The fourth-order valence-corrected chi connectivity index (χ4v) is 1.65. The SMILES string of the molecule is CCn1cc(NC(=S)Nc2ccccc2)cn1. The average molecular weight is 246 g/mol. The van der Waals surface area contributed by atoms with Crippen molar-refractivity contribution >= 4 is 28.7 Å². The molecule has 2 N–H and O–H groups in total. The zero-order valence-electron chi connectivity index (χ0n) is 9.55. The summed E-state index contributed by atoms with van der Waals surface area (Å²) < 4.78 is 1.84. The van der Waals surface area contributed by atoms with Gasteiger partial charge < -0.3 is 10.6 Å². The van der Waals surface area contributed by atoms with Gasteiger partial charge in [0.15, 0.2) is 5.11 Å². The normalized spacial score (nSPS) is 9.94. The van der Waals surface area contributed by atoms with E-state index in [4.69, 9.17) is 12.2 Å². The Bertz CT molecular complexity index is 492. The van der Waals surface area contributed by atoms with Gasteiger partial charge in [-0.1, -0.05) is 18.2 Å². The minimum atomic E-state index is 0.562. The second-order valence-corrected chi connectivity index (χ2v) is 3.94. The Morgan fingerprint density at radius 1 is 1.24 bits per heavy atom. The van der Waals surface area contributed by atoms with E-state index < -0.39 is 0 Å². The third-order valence-electron chi connectivity index (χ3n) is 2.25. The van der Waals surface area contributed by atoms with Crippen LogP contribution >= 0.6 is 12.2 Å². The lowest BCUT2D eigenvalue weighted by molar-refractivity contribution is 0.660. The summed E-state index contributed by atoms with van der Waals surface area (Å²) >= 11 is 5.20. The largest absolute Gasteiger partial charge is 0.332 e. The maximum atomic E-state index is 5.20. The van der Waals surface area contributed by atoms with Gasteiger partial charge in [0.1, 0.15) is 0 Å². The van der Waals surface area contributed by atoms with Gasteiger partial charge in [-0.05, 0) is 31.3 Å². The number of hydrogen-bond donors (Lipinski definition) is 2. The summed E-state index contributed by atoms with van der Waals surface area (Å²) in [5.41, 5.74) is 1.85. The number of rotatable bonds is 3. The van der Waals surface area contributed by atoms with Gasteiger partial charge in [0.2, 0.25) is 0 Å². The zero-order valence-corrected chi connectivity index (χ0v) is 10.4. The molecule has 2 aromatic rings. The minimum Gasteiger partial charge on any atom is -0.332 e. The number of aryl methyl sites for hydroxylation is 1. The molecule has 0 spiro atoms. The molecule has 1 aromatic heterocycles. The maximum absolute atomic E-state index is 5.20. The Balaban J connectivity index is 1.93. The lowest BCUT2D eigenvalue weighted by atomic mass is 10.3. The van der Waals surface area contributed by atoms with Gasteiger partial charge in [0.05, 0.1) is 11.9 Å². The van der Waals surface area contributed by atoms with Crippen LogP contribution in [-0.2, 0) is 6.54 Å². The van der Waals surface area contributed by atoms with E-state index in [0.29, 0.717) is 5.11 Å². The summed E-state index contributed by atoms with van der Waals surface area (Å²) in [5, 5.41) is 10.9. The van der Waals surface area contributed by atoms with Crippen LogP contribution in [-0.4, -0.2) is 14.9 Å². The van der Waals surface area contributed by atoms with E-state index in [0.717, 1.165) is 17.9 Å². The van der Waals surface area contributed by atoms with Gasteiger partial charge in [0.25, 0.3) is 0 Å². The fourth-order valence-electron chi connectivity index (χ4n) is 1.42. The Morgan fingerprint density at radius 3 is 2.59 bits per heavy atom. The number of para-hydroxylation sites is 1. The molecule has 0 aliphatic carbocycles. The van der Waals surface area contributed by atoms with Crippen molar-refractivity contribution in [2.24, 2.45) is 0 Å². The molecule has 0 fully saturated rings. The molecule has 88 valence electrons. The topological polar surface area (TPSA) is 41.9 Å². The summed E-state index contributed by atoms with van der Waals surface area (Å²) in [7, 11) is 0. The Kier molecular flexibility index (Phi) is 3.72. The van der Waals surface area contributed by atoms with Crippen LogP contribution in [0.25, 0.3) is 0 Å². The first-order valence-corrected chi connectivity index (χ1v) is 5.84. The zero-order chi connectivity index (χ0) is 12.1. The van der Waals surface area contributed by atoms with Crippen molar-refractivity contribution in [1.29, 1.82) is 0 Å². The van der Waals surface area contributed by atoms with Crippen LogP contribution in [0.2, 0.25) is 0 Å². The summed E-state index contributed by atoms with van der Waals surface area (Å²) in [6, 6.07) is 9.81. The number of benzene rings is 1. The minimum absolute atomic E-state index is 0.562. The third-order valence-corrected chi connectivity index (χ3v) is 2.45. The highest BCUT2D eigenvalue weighted by Gasteiger charge is 2.00. The number of nitrogens with zero attached hydrogens (tertiary/aromatic N) is 2. The van der Waals surface area contributed by atoms with E-state index in [-0.39, 0.29) is 0 Å². The molecule has 1 aromatic carbocycles. The number of nitrogens with one attached hydrogen (secondary N) is 2. The predicted octanol–water partition coefficient (Wildman–Crippen LogP) is 2.71. The third kappa shape index (κ3) is 3.29. The molecule has 0 radical (unpaired) electrons. The van der Waals surface area contributed by atoms with Gasteiger partial charge in [-0.2, -0.15) is 5.10 Å². The molecule has 0 amide bonds. The van der Waals surface area contributed by atoms with Gasteiger partial charge in [0, 0.05) is 18.4 Å². The summed E-state index contributed by atoms with van der Waals surface area (Å²) in [4.78, 5) is 0. The molecule has 17 heavy (non-hydrogen) atoms. The molecular weight excluding hydrogens is 232 g/mol. The highest BCUT2D eigenvalue weighted by atomic mass is 32.1. The molecule has 4 nitrogen and oxygen atoms in total.